The van der Waals surface area contributed by atoms with E-state index in [-0.39, 0.29) is 6.04 Å². The number of hydrogen-bond acceptors (Lipinski definition) is 7. The van der Waals surface area contributed by atoms with Crippen molar-refractivity contribution in [3.63, 3.8) is 0 Å². The molecule has 1 aromatic carbocycles. The molecule has 0 spiro atoms. The Morgan fingerprint density at radius 2 is 1.95 bits per heavy atom. The van der Waals surface area contributed by atoms with E-state index in [0.29, 0.717) is 27.9 Å². The normalized spacial score (nSPS) is 26.7. The summed E-state index contributed by atoms with van der Waals surface area (Å²) in [5.74, 6) is 2.22. The predicted molar refractivity (Wildman–Crippen MR) is 159 cm³/mol. The highest BCUT2D eigenvalue weighted by Gasteiger charge is 2.49. The van der Waals surface area contributed by atoms with Crippen molar-refractivity contribution in [1.29, 1.82) is 0 Å². The summed E-state index contributed by atoms with van der Waals surface area (Å²) in [7, 11) is 0. The van der Waals surface area contributed by atoms with Gasteiger partial charge in [0.1, 0.15) is 10.6 Å². The predicted octanol–water partition coefficient (Wildman–Crippen LogP) is 6.88. The molecule has 3 aromatic rings. The highest BCUT2D eigenvalue weighted by molar-refractivity contribution is 7.18. The molecule has 2 atom stereocenters. The zero-order chi connectivity index (χ0) is 27.5. The molecule has 6 rings (SSSR count). The minimum atomic E-state index is -0.653. The van der Waals surface area contributed by atoms with Crippen LogP contribution in [0.25, 0.3) is 10.2 Å². The van der Waals surface area contributed by atoms with Crippen LogP contribution in [-0.4, -0.2) is 58.2 Å². The van der Waals surface area contributed by atoms with Gasteiger partial charge in [-0.25, -0.2) is 4.98 Å². The number of carbonyl (C=O) groups is 1. The number of anilines is 2. The van der Waals surface area contributed by atoms with Gasteiger partial charge in [0.05, 0.1) is 16.8 Å². The molecule has 1 saturated carbocycles. The van der Waals surface area contributed by atoms with Crippen molar-refractivity contribution in [2.24, 2.45) is 17.3 Å². The first kappa shape index (κ1) is 27.1. The van der Waals surface area contributed by atoms with Gasteiger partial charge < -0.3 is 20.2 Å². The molecule has 0 radical (unpaired) electrons. The zero-order valence-electron chi connectivity index (χ0n) is 22.6. The summed E-state index contributed by atoms with van der Waals surface area (Å²) < 4.78 is 0. The van der Waals surface area contributed by atoms with Crippen LogP contribution in [0.1, 0.15) is 56.0 Å². The van der Waals surface area contributed by atoms with Gasteiger partial charge in [0.25, 0.3) is 0 Å². The standard InChI is InChI=1S/C29H35Cl2N5O2S/c1-16-9-23-25(32-17(2)22-7-6-20(30)10-24(22)31)33-28(34-26(23)39-16)36-14-19(15-36)18-5-4-8-35(13-18)21-11-29(3,12-21)27(37)38/h6-7,9-10,17-19,21H,4-5,8,11-15H2,1-3H3,(H,37,38)(H,32,33,34)/t17?,18-,21?,29?/m0/s1. The fourth-order valence-electron chi connectivity index (χ4n) is 6.56. The van der Waals surface area contributed by atoms with Crippen molar-refractivity contribution in [3.8, 4) is 0 Å². The highest BCUT2D eigenvalue weighted by Crippen LogP contribution is 2.45. The molecular weight excluding hydrogens is 553 g/mol. The third kappa shape index (κ3) is 5.21. The summed E-state index contributed by atoms with van der Waals surface area (Å²) in [6.45, 7) is 10.2. The Morgan fingerprint density at radius 1 is 1.18 bits per heavy atom. The number of benzene rings is 1. The molecule has 1 unspecified atom stereocenters. The lowest BCUT2D eigenvalue weighted by Gasteiger charge is -2.52. The van der Waals surface area contributed by atoms with Crippen molar-refractivity contribution < 1.29 is 9.90 Å². The third-order valence-corrected chi connectivity index (χ3v) is 10.5. The smallest absolute Gasteiger partial charge is 0.309 e. The van der Waals surface area contributed by atoms with Crippen molar-refractivity contribution in [1.82, 2.24) is 14.9 Å². The maximum absolute atomic E-state index is 11.5. The molecule has 208 valence electrons. The molecule has 2 saturated heterocycles. The number of rotatable bonds is 7. The fourth-order valence-corrected chi connectivity index (χ4v) is 8.01. The van der Waals surface area contributed by atoms with Gasteiger partial charge in [0.15, 0.2) is 0 Å². The molecule has 0 amide bonds. The lowest BCUT2D eigenvalue weighted by atomic mass is 9.65. The van der Waals surface area contributed by atoms with Gasteiger partial charge in [-0.1, -0.05) is 29.3 Å². The van der Waals surface area contributed by atoms with Crippen molar-refractivity contribution in [2.75, 3.05) is 36.4 Å². The van der Waals surface area contributed by atoms with Gasteiger partial charge in [-0.2, -0.15) is 4.98 Å². The van der Waals surface area contributed by atoms with Gasteiger partial charge in [-0.3, -0.25) is 4.79 Å². The average molecular weight is 589 g/mol. The van der Waals surface area contributed by atoms with E-state index in [2.05, 4.69) is 35.0 Å². The summed E-state index contributed by atoms with van der Waals surface area (Å²) >= 11 is 14.3. The Kier molecular flexibility index (Phi) is 7.19. The Labute approximate surface area is 243 Å². The average Bonchev–Trinajstić information content (AvgIpc) is 3.21. The lowest BCUT2D eigenvalue weighted by molar-refractivity contribution is -0.158. The molecule has 7 nitrogen and oxygen atoms in total. The van der Waals surface area contributed by atoms with Crippen LogP contribution in [0, 0.1) is 24.2 Å². The zero-order valence-corrected chi connectivity index (χ0v) is 24.9. The number of carboxylic acids is 1. The van der Waals surface area contributed by atoms with Crippen LogP contribution in [0.5, 0.6) is 0 Å². The third-order valence-electron chi connectivity index (χ3n) is 9.04. The fraction of sp³-hybridized carbons (Fsp3) is 0.552. The van der Waals surface area contributed by atoms with Gasteiger partial charge in [0, 0.05) is 40.6 Å². The maximum atomic E-state index is 11.5. The largest absolute Gasteiger partial charge is 0.481 e. The van der Waals surface area contributed by atoms with Gasteiger partial charge in [-0.15, -0.1) is 11.3 Å². The van der Waals surface area contributed by atoms with E-state index in [0.717, 1.165) is 66.6 Å². The number of carboxylic acid groups (broad SMARTS) is 1. The van der Waals surface area contributed by atoms with Crippen molar-refractivity contribution in [2.45, 2.75) is 58.5 Å². The molecule has 10 heteroatoms. The SMILES string of the molecule is Cc1cc2c(NC(C)c3ccc(Cl)cc3Cl)nc(N3CC([C@H]4CCCN(C5CC(C)(C(=O)O)C5)C4)C3)nc2s1. The van der Waals surface area contributed by atoms with Crippen LogP contribution >= 0.6 is 34.5 Å². The molecule has 2 aliphatic heterocycles. The first-order valence-corrected chi connectivity index (χ1v) is 15.4. The monoisotopic (exact) mass is 587 g/mol. The number of nitrogens with zero attached hydrogens (tertiary/aromatic N) is 4. The van der Waals surface area contributed by atoms with E-state index in [9.17, 15) is 9.90 Å². The molecule has 1 aliphatic carbocycles. The van der Waals surface area contributed by atoms with E-state index in [4.69, 9.17) is 33.2 Å². The van der Waals surface area contributed by atoms with Crippen LogP contribution in [0.3, 0.4) is 0 Å². The Balaban J connectivity index is 1.13. The van der Waals surface area contributed by atoms with Crippen LogP contribution in [0.15, 0.2) is 24.3 Å². The summed E-state index contributed by atoms with van der Waals surface area (Å²) in [5.41, 5.74) is 0.436. The molecule has 4 heterocycles. The van der Waals surface area contributed by atoms with E-state index in [1.165, 1.54) is 17.7 Å². The molecule has 3 fully saturated rings. The second kappa shape index (κ2) is 10.4. The molecule has 2 aromatic heterocycles. The molecular formula is C29H35Cl2N5O2S. The minimum Gasteiger partial charge on any atom is -0.481 e. The number of aliphatic carboxylic acids is 1. The quantitative estimate of drug-likeness (QED) is 0.311. The maximum Gasteiger partial charge on any atom is 0.309 e. The summed E-state index contributed by atoms with van der Waals surface area (Å²) in [4.78, 5) is 28.6. The number of fused-ring (bicyclic) bond motifs is 1. The van der Waals surface area contributed by atoms with Crippen molar-refractivity contribution >= 4 is 62.5 Å². The van der Waals surface area contributed by atoms with E-state index in [1.54, 1.807) is 17.4 Å². The number of likely N-dealkylation sites (tertiary alicyclic amines) is 1. The topological polar surface area (TPSA) is 81.6 Å². The molecule has 39 heavy (non-hydrogen) atoms. The summed E-state index contributed by atoms with van der Waals surface area (Å²) in [6.07, 6.45) is 3.98. The second-order valence-corrected chi connectivity index (χ2v) is 14.0. The first-order valence-electron chi connectivity index (χ1n) is 13.8. The van der Waals surface area contributed by atoms with Gasteiger partial charge in [-0.05, 0) is 88.6 Å². The van der Waals surface area contributed by atoms with E-state index >= 15 is 0 Å². The second-order valence-electron chi connectivity index (χ2n) is 12.0. The van der Waals surface area contributed by atoms with Crippen LogP contribution in [-0.2, 0) is 4.79 Å². The number of aryl methyl sites for hydroxylation is 1. The van der Waals surface area contributed by atoms with Crippen molar-refractivity contribution in [3.05, 3.63) is 44.8 Å². The first-order chi connectivity index (χ1) is 18.6. The van der Waals surface area contributed by atoms with Gasteiger partial charge >= 0.3 is 5.97 Å². The van der Waals surface area contributed by atoms with E-state index in [1.807, 2.05) is 19.1 Å². The number of aromatic nitrogens is 2. The van der Waals surface area contributed by atoms with Crippen LogP contribution < -0.4 is 10.2 Å². The summed E-state index contributed by atoms with van der Waals surface area (Å²) in [5, 5.41) is 15.4. The minimum absolute atomic E-state index is 0.0484. The molecule has 3 aliphatic rings. The number of piperidine rings is 1. The Hall–Kier alpha value is -2.13. The van der Waals surface area contributed by atoms with Crippen LogP contribution in [0.2, 0.25) is 10.0 Å². The number of nitrogens with one attached hydrogen (secondary N) is 1. The van der Waals surface area contributed by atoms with Gasteiger partial charge in [0.2, 0.25) is 5.95 Å². The number of halogens is 2. The summed E-state index contributed by atoms with van der Waals surface area (Å²) in [6, 6.07) is 8.11. The Morgan fingerprint density at radius 3 is 2.67 bits per heavy atom. The van der Waals surface area contributed by atoms with Crippen LogP contribution in [0.4, 0.5) is 11.8 Å². The number of hydrogen-bond donors (Lipinski definition) is 2. The highest BCUT2D eigenvalue weighted by atomic mass is 35.5. The molecule has 0 bridgehead atoms. The number of thiophene rings is 1. The Bertz CT molecular complexity index is 1400. The molecule has 2 N–H and O–H groups in total. The lowest BCUT2D eigenvalue weighted by Crippen LogP contribution is -2.58. The van der Waals surface area contributed by atoms with E-state index < -0.39 is 11.4 Å².